The van der Waals surface area contributed by atoms with Gasteiger partial charge in [-0.1, -0.05) is 35.9 Å². The molecular formula is C19H18BrClO2. The normalized spacial score (nSPS) is 13.9. The number of rotatable bonds is 5. The van der Waals surface area contributed by atoms with Crippen LogP contribution in [0.3, 0.4) is 0 Å². The van der Waals surface area contributed by atoms with Crippen LogP contribution in [0.1, 0.15) is 51.4 Å². The van der Waals surface area contributed by atoms with Crippen molar-refractivity contribution in [3.8, 4) is 5.75 Å². The Bertz CT molecular complexity index is 766. The molecule has 4 heteroatoms. The third-order valence-corrected chi connectivity index (χ3v) is 5.10. The van der Waals surface area contributed by atoms with Gasteiger partial charge in [0, 0.05) is 16.1 Å². The van der Waals surface area contributed by atoms with Gasteiger partial charge in [0.05, 0.1) is 0 Å². The van der Waals surface area contributed by atoms with Gasteiger partial charge < -0.3 is 4.74 Å². The number of hydrogen-bond acceptors (Lipinski definition) is 2. The van der Waals surface area contributed by atoms with Crippen LogP contribution in [-0.2, 0) is 6.61 Å². The molecule has 120 valence electrons. The average Bonchev–Trinajstić information content (AvgIpc) is 3.34. The number of benzene rings is 2. The number of carbonyl (C=O) groups is 1. The molecule has 23 heavy (non-hydrogen) atoms. The lowest BCUT2D eigenvalue weighted by Crippen LogP contribution is -2.07. The van der Waals surface area contributed by atoms with Gasteiger partial charge in [-0.2, -0.15) is 0 Å². The van der Waals surface area contributed by atoms with Crippen LogP contribution in [0.25, 0.3) is 0 Å². The summed E-state index contributed by atoms with van der Waals surface area (Å²) in [6.45, 7) is 4.35. The highest BCUT2D eigenvalue weighted by molar-refractivity contribution is 9.18. The van der Waals surface area contributed by atoms with Gasteiger partial charge in [-0.25, -0.2) is 0 Å². The van der Waals surface area contributed by atoms with Crippen molar-refractivity contribution in [2.75, 3.05) is 0 Å². The molecule has 0 saturated heterocycles. The van der Waals surface area contributed by atoms with Gasteiger partial charge in [-0.3, -0.25) is 4.79 Å². The summed E-state index contributed by atoms with van der Waals surface area (Å²) in [5.41, 5.74) is 4.97. The maximum atomic E-state index is 11.9. The van der Waals surface area contributed by atoms with E-state index < -0.39 is 0 Å². The smallest absolute Gasteiger partial charge is 0.228 e. The number of hydrogen-bond donors (Lipinski definition) is 0. The van der Waals surface area contributed by atoms with E-state index >= 15 is 0 Å². The summed E-state index contributed by atoms with van der Waals surface area (Å²) in [7, 11) is 0. The van der Waals surface area contributed by atoms with Crippen LogP contribution < -0.4 is 4.74 Å². The van der Waals surface area contributed by atoms with Gasteiger partial charge in [0.15, 0.2) is 0 Å². The SMILES string of the molecule is Cc1cc(C)c(OCc2c(C(=O)Br)cccc2C2CC2)cc1Cl. The van der Waals surface area contributed by atoms with E-state index in [2.05, 4.69) is 22.0 Å². The molecule has 3 rings (SSSR count). The average molecular weight is 394 g/mol. The fourth-order valence-corrected chi connectivity index (χ4v) is 3.36. The van der Waals surface area contributed by atoms with E-state index in [1.807, 2.05) is 38.1 Å². The molecule has 0 heterocycles. The Balaban J connectivity index is 1.91. The van der Waals surface area contributed by atoms with Crippen molar-refractivity contribution in [2.45, 2.75) is 39.2 Å². The minimum atomic E-state index is -0.0998. The second kappa shape index (κ2) is 6.66. The summed E-state index contributed by atoms with van der Waals surface area (Å²) in [5, 5.41) is 0.692. The van der Waals surface area contributed by atoms with Gasteiger partial charge in [0.25, 0.3) is 0 Å². The molecule has 0 aliphatic heterocycles. The topological polar surface area (TPSA) is 26.3 Å². The standard InChI is InChI=1S/C19H18BrClO2/c1-11-8-12(2)18(9-17(11)21)23-10-16-14(13-6-7-13)4-3-5-15(16)19(20)22/h3-5,8-9,13H,6-7,10H2,1-2H3. The lowest BCUT2D eigenvalue weighted by atomic mass is 9.99. The van der Waals surface area contributed by atoms with E-state index in [0.717, 1.165) is 22.4 Å². The Morgan fingerprint density at radius 2 is 2.00 bits per heavy atom. The molecule has 1 aliphatic carbocycles. The molecular weight excluding hydrogens is 376 g/mol. The zero-order chi connectivity index (χ0) is 16.6. The number of aryl methyl sites for hydroxylation is 2. The molecule has 2 aromatic rings. The molecule has 0 radical (unpaired) electrons. The van der Waals surface area contributed by atoms with Gasteiger partial charge >= 0.3 is 0 Å². The first-order valence-corrected chi connectivity index (χ1v) is 8.85. The second-order valence-corrected chi connectivity index (χ2v) is 7.20. The van der Waals surface area contributed by atoms with Crippen molar-refractivity contribution < 1.29 is 9.53 Å². The zero-order valence-corrected chi connectivity index (χ0v) is 15.5. The van der Waals surface area contributed by atoms with Crippen LogP contribution in [0.4, 0.5) is 0 Å². The molecule has 1 aliphatic rings. The molecule has 0 atom stereocenters. The van der Waals surface area contributed by atoms with E-state index in [-0.39, 0.29) is 4.69 Å². The number of ether oxygens (including phenoxy) is 1. The van der Waals surface area contributed by atoms with Gasteiger partial charge in [0.1, 0.15) is 12.4 Å². The lowest BCUT2D eigenvalue weighted by Gasteiger charge is -2.15. The first-order chi connectivity index (χ1) is 11.0. The highest BCUT2D eigenvalue weighted by atomic mass is 79.9. The fraction of sp³-hybridized carbons (Fsp3) is 0.316. The Morgan fingerprint density at radius 3 is 2.65 bits per heavy atom. The fourth-order valence-electron chi connectivity index (χ4n) is 2.84. The second-order valence-electron chi connectivity index (χ2n) is 6.08. The van der Waals surface area contributed by atoms with Gasteiger partial charge in [0.2, 0.25) is 4.69 Å². The number of halogens is 2. The predicted molar refractivity (Wildman–Crippen MR) is 96.9 cm³/mol. The molecule has 1 saturated carbocycles. The number of carbonyl (C=O) groups excluding carboxylic acids is 1. The van der Waals surface area contributed by atoms with Crippen LogP contribution in [0.15, 0.2) is 30.3 Å². The van der Waals surface area contributed by atoms with E-state index in [4.69, 9.17) is 16.3 Å². The molecule has 0 bridgehead atoms. The van der Waals surface area contributed by atoms with Crippen LogP contribution in [0, 0.1) is 13.8 Å². The van der Waals surface area contributed by atoms with Crippen molar-refractivity contribution >= 4 is 32.2 Å². The first-order valence-electron chi connectivity index (χ1n) is 7.68. The molecule has 1 fully saturated rings. The van der Waals surface area contributed by atoms with Crippen molar-refractivity contribution in [1.82, 2.24) is 0 Å². The third-order valence-electron chi connectivity index (χ3n) is 4.27. The Labute approximate surface area is 149 Å². The van der Waals surface area contributed by atoms with Crippen molar-refractivity contribution in [3.63, 3.8) is 0 Å². The monoisotopic (exact) mass is 392 g/mol. The first kappa shape index (κ1) is 16.5. The lowest BCUT2D eigenvalue weighted by molar-refractivity contribution is 0.109. The molecule has 0 unspecified atom stereocenters. The van der Waals surface area contributed by atoms with Crippen LogP contribution in [-0.4, -0.2) is 4.69 Å². The minimum absolute atomic E-state index is 0.0998. The summed E-state index contributed by atoms with van der Waals surface area (Å²) in [5.74, 6) is 1.32. The summed E-state index contributed by atoms with van der Waals surface area (Å²) >= 11 is 9.28. The van der Waals surface area contributed by atoms with E-state index in [9.17, 15) is 4.79 Å². The summed E-state index contributed by atoms with van der Waals surface area (Å²) in [4.78, 5) is 11.9. The maximum Gasteiger partial charge on any atom is 0.228 e. The summed E-state index contributed by atoms with van der Waals surface area (Å²) in [6.07, 6.45) is 2.37. The van der Waals surface area contributed by atoms with Crippen LogP contribution in [0.5, 0.6) is 5.75 Å². The van der Waals surface area contributed by atoms with E-state index in [1.54, 1.807) is 0 Å². The van der Waals surface area contributed by atoms with Gasteiger partial charge in [-0.05, 0) is 71.3 Å². The van der Waals surface area contributed by atoms with Crippen molar-refractivity contribution in [3.05, 3.63) is 63.2 Å². The highest BCUT2D eigenvalue weighted by Crippen LogP contribution is 2.43. The predicted octanol–water partition coefficient (Wildman–Crippen LogP) is 5.95. The molecule has 2 nitrogen and oxygen atoms in total. The zero-order valence-electron chi connectivity index (χ0n) is 13.2. The largest absolute Gasteiger partial charge is 0.489 e. The molecule has 0 spiro atoms. The minimum Gasteiger partial charge on any atom is -0.489 e. The highest BCUT2D eigenvalue weighted by Gasteiger charge is 2.28. The molecule has 0 N–H and O–H groups in total. The maximum absolute atomic E-state index is 11.9. The Morgan fingerprint density at radius 1 is 1.26 bits per heavy atom. The molecule has 2 aromatic carbocycles. The van der Waals surface area contributed by atoms with E-state index in [0.29, 0.717) is 23.1 Å². The quantitative estimate of drug-likeness (QED) is 0.587. The van der Waals surface area contributed by atoms with Crippen LogP contribution in [0.2, 0.25) is 5.02 Å². The van der Waals surface area contributed by atoms with Crippen LogP contribution >= 0.6 is 27.5 Å². The Kier molecular flexibility index (Phi) is 4.79. The van der Waals surface area contributed by atoms with E-state index in [1.165, 1.54) is 18.4 Å². The Hall–Kier alpha value is -1.32. The summed E-state index contributed by atoms with van der Waals surface area (Å²) in [6, 6.07) is 9.75. The molecule has 0 aromatic heterocycles. The molecule has 0 amide bonds. The third kappa shape index (κ3) is 3.61. The summed E-state index contributed by atoms with van der Waals surface area (Å²) < 4.78 is 5.91. The van der Waals surface area contributed by atoms with Crippen molar-refractivity contribution in [1.29, 1.82) is 0 Å². The van der Waals surface area contributed by atoms with Crippen molar-refractivity contribution in [2.24, 2.45) is 0 Å². The van der Waals surface area contributed by atoms with Gasteiger partial charge in [-0.15, -0.1) is 0 Å².